The quantitative estimate of drug-likeness (QED) is 0.371. The van der Waals surface area contributed by atoms with Crippen molar-refractivity contribution in [3.8, 4) is 17.1 Å². The van der Waals surface area contributed by atoms with E-state index >= 15 is 0 Å². The lowest BCUT2D eigenvalue weighted by Crippen LogP contribution is -2.41. The average molecular weight is 480 g/mol. The highest BCUT2D eigenvalue weighted by Crippen LogP contribution is 2.44. The van der Waals surface area contributed by atoms with Crippen LogP contribution in [0.2, 0.25) is 0 Å². The number of alkyl halides is 3. The molecule has 1 aliphatic carbocycles. The van der Waals surface area contributed by atoms with Gasteiger partial charge in [0.1, 0.15) is 23.3 Å². The molecule has 1 atom stereocenters. The standard InChI is InChI=1S/C27H23F3N2O3/c1-34-16-8-9-21-19(14-16)17-12-13-32(26(33)15-6-7-15)25(24(17)31-21)23-11-10-22(35-23)18-4-2-3-5-20(18)27(28,29)30/h2-5,8-11,14-15,25,31H,6-7,12-13H2,1H3. The van der Waals surface area contributed by atoms with Gasteiger partial charge in [0.05, 0.1) is 18.4 Å². The maximum absolute atomic E-state index is 13.6. The summed E-state index contributed by atoms with van der Waals surface area (Å²) in [5.74, 6) is 1.35. The van der Waals surface area contributed by atoms with Crippen LogP contribution in [-0.4, -0.2) is 29.4 Å². The monoisotopic (exact) mass is 480 g/mol. The van der Waals surface area contributed by atoms with Crippen LogP contribution in [0.1, 0.15) is 41.5 Å². The Bertz CT molecular complexity index is 1430. The van der Waals surface area contributed by atoms with E-state index in [-0.39, 0.29) is 23.1 Å². The molecule has 1 saturated carbocycles. The number of nitrogens with zero attached hydrogens (tertiary/aromatic N) is 1. The molecular formula is C27H23F3N2O3. The third kappa shape index (κ3) is 3.68. The Kier molecular flexibility index (Phi) is 4.95. The number of hydrogen-bond donors (Lipinski definition) is 1. The predicted octanol–water partition coefficient (Wildman–Crippen LogP) is 6.34. The fraction of sp³-hybridized carbons (Fsp3) is 0.296. The Labute approximate surface area is 199 Å². The maximum Gasteiger partial charge on any atom is 0.417 e. The fourth-order valence-electron chi connectivity index (χ4n) is 5.08. The molecule has 1 unspecified atom stereocenters. The van der Waals surface area contributed by atoms with Gasteiger partial charge in [-0.15, -0.1) is 0 Å². The number of nitrogens with one attached hydrogen (secondary N) is 1. The van der Waals surface area contributed by atoms with Gasteiger partial charge in [0.25, 0.3) is 0 Å². The first-order valence-corrected chi connectivity index (χ1v) is 11.6. The molecule has 35 heavy (non-hydrogen) atoms. The molecule has 1 N–H and O–H groups in total. The Hall–Kier alpha value is -3.68. The molecule has 5 nitrogen and oxygen atoms in total. The molecule has 4 aromatic rings. The van der Waals surface area contributed by atoms with Crippen molar-refractivity contribution in [3.05, 3.63) is 77.2 Å². The van der Waals surface area contributed by atoms with Crippen LogP contribution >= 0.6 is 0 Å². The summed E-state index contributed by atoms with van der Waals surface area (Å²) in [7, 11) is 1.61. The van der Waals surface area contributed by atoms with E-state index in [4.69, 9.17) is 9.15 Å². The van der Waals surface area contributed by atoms with Crippen molar-refractivity contribution < 1.29 is 27.1 Å². The van der Waals surface area contributed by atoms with E-state index < -0.39 is 17.8 Å². The first-order valence-electron chi connectivity index (χ1n) is 11.6. The number of aromatic nitrogens is 1. The molecule has 2 aromatic heterocycles. The smallest absolute Gasteiger partial charge is 0.417 e. The summed E-state index contributed by atoms with van der Waals surface area (Å²) in [5, 5.41) is 1.01. The normalized spacial score (nSPS) is 18.1. The Morgan fingerprint density at radius 1 is 1.11 bits per heavy atom. The summed E-state index contributed by atoms with van der Waals surface area (Å²) in [5.41, 5.74) is 2.03. The van der Waals surface area contributed by atoms with Crippen LogP contribution in [-0.2, 0) is 17.4 Å². The van der Waals surface area contributed by atoms with Crippen molar-refractivity contribution in [2.75, 3.05) is 13.7 Å². The van der Waals surface area contributed by atoms with E-state index in [1.54, 1.807) is 25.3 Å². The van der Waals surface area contributed by atoms with Crippen molar-refractivity contribution in [3.63, 3.8) is 0 Å². The number of hydrogen-bond acceptors (Lipinski definition) is 3. The number of carbonyl (C=O) groups is 1. The first kappa shape index (κ1) is 21.8. The van der Waals surface area contributed by atoms with E-state index in [2.05, 4.69) is 4.98 Å². The summed E-state index contributed by atoms with van der Waals surface area (Å²) in [6.07, 6.45) is -2.12. The third-order valence-electron chi connectivity index (χ3n) is 6.94. The highest BCUT2D eigenvalue weighted by Gasteiger charge is 2.42. The van der Waals surface area contributed by atoms with Crippen LogP contribution in [0.5, 0.6) is 5.75 Å². The van der Waals surface area contributed by atoms with Crippen LogP contribution in [0.25, 0.3) is 22.2 Å². The largest absolute Gasteiger partial charge is 0.497 e. The van der Waals surface area contributed by atoms with Gasteiger partial charge in [-0.25, -0.2) is 0 Å². The van der Waals surface area contributed by atoms with E-state index in [0.717, 1.165) is 46.8 Å². The molecule has 0 saturated heterocycles. The number of carbonyl (C=O) groups excluding carboxylic acids is 1. The predicted molar refractivity (Wildman–Crippen MR) is 124 cm³/mol. The van der Waals surface area contributed by atoms with Gasteiger partial charge >= 0.3 is 6.18 Å². The van der Waals surface area contributed by atoms with Crippen LogP contribution in [0.3, 0.4) is 0 Å². The zero-order valence-electron chi connectivity index (χ0n) is 19.0. The van der Waals surface area contributed by atoms with Crippen LogP contribution in [0, 0.1) is 5.92 Å². The molecule has 1 aliphatic heterocycles. The molecular weight excluding hydrogens is 457 g/mol. The number of fused-ring (bicyclic) bond motifs is 3. The number of benzene rings is 2. The average Bonchev–Trinajstić information content (AvgIpc) is 3.48. The summed E-state index contributed by atoms with van der Waals surface area (Å²) < 4.78 is 52.4. The lowest BCUT2D eigenvalue weighted by molar-refractivity contribution is -0.137. The van der Waals surface area contributed by atoms with Crippen LogP contribution in [0.15, 0.2) is 59.0 Å². The number of aromatic amines is 1. The molecule has 1 amide bonds. The van der Waals surface area contributed by atoms with Gasteiger partial charge in [-0.1, -0.05) is 18.2 Å². The topological polar surface area (TPSA) is 58.5 Å². The molecule has 0 bridgehead atoms. The van der Waals surface area contributed by atoms with Crippen molar-refractivity contribution in [1.29, 1.82) is 0 Å². The highest BCUT2D eigenvalue weighted by atomic mass is 19.4. The van der Waals surface area contributed by atoms with Gasteiger partial charge in [0, 0.05) is 28.9 Å². The number of halogens is 3. The molecule has 3 heterocycles. The third-order valence-corrected chi connectivity index (χ3v) is 6.94. The lowest BCUT2D eigenvalue weighted by atomic mass is 9.95. The summed E-state index contributed by atoms with van der Waals surface area (Å²) >= 11 is 0. The minimum Gasteiger partial charge on any atom is -0.497 e. The first-order chi connectivity index (χ1) is 16.8. The number of H-pyrrole nitrogens is 1. The maximum atomic E-state index is 13.6. The van der Waals surface area contributed by atoms with E-state index in [1.165, 1.54) is 12.1 Å². The van der Waals surface area contributed by atoms with E-state index in [1.807, 2.05) is 23.1 Å². The van der Waals surface area contributed by atoms with Crippen molar-refractivity contribution in [2.24, 2.45) is 5.92 Å². The van der Waals surface area contributed by atoms with Gasteiger partial charge in [0.2, 0.25) is 5.91 Å². The SMILES string of the molecule is COc1ccc2[nH]c3c(c2c1)CCN(C(=O)C1CC1)C3c1ccc(-c2ccccc2C(F)(F)F)o1. The van der Waals surface area contributed by atoms with Gasteiger partial charge in [0.15, 0.2) is 0 Å². The number of methoxy groups -OCH3 is 1. The number of rotatable bonds is 4. The Morgan fingerprint density at radius 2 is 1.91 bits per heavy atom. The van der Waals surface area contributed by atoms with Gasteiger partial charge in [-0.05, 0) is 61.2 Å². The number of amides is 1. The summed E-state index contributed by atoms with van der Waals surface area (Å²) in [6.45, 7) is 0.506. The molecule has 1 fully saturated rings. The molecule has 6 rings (SSSR count). The van der Waals surface area contributed by atoms with Crippen molar-refractivity contribution in [2.45, 2.75) is 31.5 Å². The second-order valence-corrected chi connectivity index (χ2v) is 9.13. The zero-order valence-corrected chi connectivity index (χ0v) is 19.0. The second kappa shape index (κ2) is 7.93. The van der Waals surface area contributed by atoms with Crippen molar-refractivity contribution >= 4 is 16.8 Å². The molecule has 2 aliphatic rings. The number of ether oxygens (including phenoxy) is 1. The van der Waals surface area contributed by atoms with Crippen LogP contribution in [0.4, 0.5) is 13.2 Å². The molecule has 0 radical (unpaired) electrons. The Balaban J connectivity index is 1.48. The molecule has 180 valence electrons. The van der Waals surface area contributed by atoms with Crippen LogP contribution < -0.4 is 4.74 Å². The summed E-state index contributed by atoms with van der Waals surface area (Å²) in [4.78, 5) is 18.5. The summed E-state index contributed by atoms with van der Waals surface area (Å²) in [6, 6.07) is 13.8. The fourth-order valence-corrected chi connectivity index (χ4v) is 5.08. The molecule has 0 spiro atoms. The van der Waals surface area contributed by atoms with Gasteiger partial charge in [-0.3, -0.25) is 4.79 Å². The highest BCUT2D eigenvalue weighted by molar-refractivity contribution is 5.88. The molecule has 8 heteroatoms. The van der Waals surface area contributed by atoms with E-state index in [9.17, 15) is 18.0 Å². The second-order valence-electron chi connectivity index (χ2n) is 9.13. The lowest BCUT2D eigenvalue weighted by Gasteiger charge is -2.35. The van der Waals surface area contributed by atoms with E-state index in [0.29, 0.717) is 18.7 Å². The van der Waals surface area contributed by atoms with Crippen molar-refractivity contribution in [1.82, 2.24) is 9.88 Å². The number of furan rings is 1. The van der Waals surface area contributed by atoms with Gasteiger partial charge < -0.3 is 19.0 Å². The minimum absolute atomic E-state index is 0.00362. The Morgan fingerprint density at radius 3 is 2.66 bits per heavy atom. The molecule has 2 aromatic carbocycles. The minimum atomic E-state index is -4.51. The zero-order chi connectivity index (χ0) is 24.3. The van der Waals surface area contributed by atoms with Gasteiger partial charge in [-0.2, -0.15) is 13.2 Å².